The number of hydrogen-bond donors (Lipinski definition) is 1. The number of carbonyl (C=O) groups excluding carboxylic acids is 2. The molecule has 1 atom stereocenters. The second-order valence-corrected chi connectivity index (χ2v) is 8.19. The Hall–Kier alpha value is -3.94. The molecule has 33 heavy (non-hydrogen) atoms. The molecule has 0 fully saturated rings. The first kappa shape index (κ1) is 22.3. The van der Waals surface area contributed by atoms with E-state index in [0.29, 0.717) is 41.7 Å². The number of nitrogens with zero attached hydrogens (tertiary/aromatic N) is 5. The quantitative estimate of drug-likeness (QED) is 0.453. The Morgan fingerprint density at radius 3 is 2.55 bits per heavy atom. The predicted octanol–water partition coefficient (Wildman–Crippen LogP) is 2.81. The van der Waals surface area contributed by atoms with E-state index in [1.165, 1.54) is 0 Å². The lowest BCUT2D eigenvalue weighted by Gasteiger charge is -2.29. The number of rotatable bonds is 8. The van der Waals surface area contributed by atoms with Gasteiger partial charge in [0.25, 0.3) is 11.8 Å². The van der Waals surface area contributed by atoms with E-state index < -0.39 is 0 Å². The van der Waals surface area contributed by atoms with Gasteiger partial charge in [0.05, 0.1) is 5.56 Å². The summed E-state index contributed by atoms with van der Waals surface area (Å²) in [5, 5.41) is 11.2. The smallest absolute Gasteiger partial charge is 0.267 e. The van der Waals surface area contributed by atoms with Crippen molar-refractivity contribution in [3.63, 3.8) is 0 Å². The number of hydrogen-bond acceptors (Lipinski definition) is 4. The molecule has 2 aromatic carbocycles. The van der Waals surface area contributed by atoms with E-state index in [0.717, 1.165) is 5.56 Å². The molecule has 2 heterocycles. The molecular formula is C25H28N6O2. The van der Waals surface area contributed by atoms with Gasteiger partial charge < -0.3 is 14.8 Å². The summed E-state index contributed by atoms with van der Waals surface area (Å²) < 4.78 is 3.41. The number of nitrogens with one attached hydrogen (secondary N) is 1. The maximum Gasteiger partial charge on any atom is 0.267 e. The van der Waals surface area contributed by atoms with Crippen molar-refractivity contribution in [2.75, 3.05) is 13.6 Å². The van der Waals surface area contributed by atoms with Gasteiger partial charge in [0, 0.05) is 39.9 Å². The van der Waals surface area contributed by atoms with Gasteiger partial charge in [0.1, 0.15) is 16.7 Å². The Balaban J connectivity index is 1.53. The molecule has 1 N–H and O–H groups in total. The van der Waals surface area contributed by atoms with Gasteiger partial charge in [0.2, 0.25) is 0 Å². The molecule has 8 nitrogen and oxygen atoms in total. The van der Waals surface area contributed by atoms with Crippen molar-refractivity contribution in [1.82, 2.24) is 29.8 Å². The summed E-state index contributed by atoms with van der Waals surface area (Å²) in [5.41, 5.74) is 3.70. The first-order chi connectivity index (χ1) is 16.0. The molecule has 0 aliphatic rings. The van der Waals surface area contributed by atoms with E-state index in [2.05, 4.69) is 27.8 Å². The van der Waals surface area contributed by atoms with Gasteiger partial charge in [-0.2, -0.15) is 0 Å². The number of aromatic nitrogens is 4. The molecule has 0 saturated carbocycles. The fraction of sp³-hybridized carbons (Fsp3) is 0.280. The van der Waals surface area contributed by atoms with Crippen molar-refractivity contribution in [3.05, 3.63) is 83.7 Å². The molecule has 8 heteroatoms. The van der Waals surface area contributed by atoms with Crippen LogP contribution < -0.4 is 5.32 Å². The number of carbonyl (C=O) groups is 2. The van der Waals surface area contributed by atoms with E-state index in [4.69, 9.17) is 0 Å². The van der Waals surface area contributed by atoms with Crippen LogP contribution in [0.1, 0.15) is 32.8 Å². The predicted molar refractivity (Wildman–Crippen MR) is 127 cm³/mol. The Kier molecular flexibility index (Phi) is 6.53. The summed E-state index contributed by atoms with van der Waals surface area (Å²) in [5.74, 6) is -0.221. The molecule has 4 rings (SSSR count). The van der Waals surface area contributed by atoms with Crippen LogP contribution in [0.2, 0.25) is 0 Å². The largest absolute Gasteiger partial charge is 0.351 e. The maximum absolute atomic E-state index is 13.5. The highest BCUT2D eigenvalue weighted by Gasteiger charge is 2.24. The monoisotopic (exact) mass is 444 g/mol. The van der Waals surface area contributed by atoms with Gasteiger partial charge in [-0.3, -0.25) is 9.59 Å². The highest BCUT2D eigenvalue weighted by atomic mass is 16.2. The van der Waals surface area contributed by atoms with Crippen LogP contribution in [0.4, 0.5) is 0 Å². The number of aryl methyl sites for hydroxylation is 2. The zero-order chi connectivity index (χ0) is 23.4. The van der Waals surface area contributed by atoms with Crippen molar-refractivity contribution >= 4 is 22.8 Å². The molecular weight excluding hydrogens is 416 g/mol. The number of amides is 2. The van der Waals surface area contributed by atoms with Gasteiger partial charge in [-0.15, -0.1) is 5.10 Å². The normalized spacial score (nSPS) is 12.0. The van der Waals surface area contributed by atoms with E-state index in [-0.39, 0.29) is 17.9 Å². The lowest BCUT2D eigenvalue weighted by atomic mass is 10.0. The van der Waals surface area contributed by atoms with Crippen molar-refractivity contribution in [3.8, 4) is 0 Å². The van der Waals surface area contributed by atoms with Crippen molar-refractivity contribution in [2.45, 2.75) is 18.9 Å². The Labute approximate surface area is 192 Å². The number of likely N-dealkylation sites (N-methyl/N-ethyl adjacent to an activating group) is 1. The van der Waals surface area contributed by atoms with Crippen LogP contribution in [0.5, 0.6) is 0 Å². The van der Waals surface area contributed by atoms with Crippen LogP contribution in [-0.2, 0) is 20.5 Å². The maximum atomic E-state index is 13.5. The molecule has 0 radical (unpaired) electrons. The van der Waals surface area contributed by atoms with Crippen LogP contribution in [-0.4, -0.2) is 55.9 Å². The van der Waals surface area contributed by atoms with Gasteiger partial charge in [0.15, 0.2) is 0 Å². The summed E-state index contributed by atoms with van der Waals surface area (Å²) in [6, 6.07) is 19.1. The summed E-state index contributed by atoms with van der Waals surface area (Å²) >= 11 is 0. The second kappa shape index (κ2) is 9.68. The Bertz CT molecular complexity index is 1260. The molecule has 0 spiro atoms. The van der Waals surface area contributed by atoms with Gasteiger partial charge in [-0.05, 0) is 42.7 Å². The lowest BCUT2D eigenvalue weighted by molar-refractivity contribution is 0.0724. The molecule has 0 saturated heterocycles. The van der Waals surface area contributed by atoms with Crippen LogP contribution in [0.3, 0.4) is 0 Å². The van der Waals surface area contributed by atoms with Gasteiger partial charge >= 0.3 is 0 Å². The van der Waals surface area contributed by atoms with Gasteiger partial charge in [-0.25, -0.2) is 4.68 Å². The molecule has 170 valence electrons. The minimum atomic E-state index is -0.124. The standard InChI is InChI=1S/C25H28N6O2/c1-29-16-8-13-22(29)24(32)26-15-14-19(17-18-9-5-4-6-10-18)30(2)25(33)20-11-7-12-21-23(20)31(3)28-27-21/h4-13,16,19H,14-15,17H2,1-3H3,(H,26,32). The van der Waals surface area contributed by atoms with Crippen molar-refractivity contribution in [1.29, 1.82) is 0 Å². The topological polar surface area (TPSA) is 85.1 Å². The zero-order valence-electron chi connectivity index (χ0n) is 19.1. The first-order valence-electron chi connectivity index (χ1n) is 10.9. The number of fused-ring (bicyclic) bond motifs is 1. The third-order valence-electron chi connectivity index (χ3n) is 5.98. The lowest BCUT2D eigenvalue weighted by Crippen LogP contribution is -2.41. The van der Waals surface area contributed by atoms with E-state index in [1.807, 2.05) is 56.7 Å². The summed E-state index contributed by atoms with van der Waals surface area (Å²) in [4.78, 5) is 27.8. The zero-order valence-corrected chi connectivity index (χ0v) is 19.1. The minimum absolute atomic E-state index is 0.0966. The van der Waals surface area contributed by atoms with Crippen LogP contribution in [0.15, 0.2) is 66.9 Å². The molecule has 1 unspecified atom stereocenters. The van der Waals surface area contributed by atoms with Crippen LogP contribution in [0, 0.1) is 0 Å². The van der Waals surface area contributed by atoms with E-state index in [9.17, 15) is 9.59 Å². The summed E-state index contributed by atoms with van der Waals surface area (Å²) in [7, 11) is 5.44. The first-order valence-corrected chi connectivity index (χ1v) is 10.9. The molecule has 0 bridgehead atoms. The second-order valence-electron chi connectivity index (χ2n) is 8.19. The SMILES string of the molecule is CN(C(=O)c1cccc2nnn(C)c12)C(CCNC(=O)c1cccn1C)Cc1ccccc1. The van der Waals surface area contributed by atoms with E-state index >= 15 is 0 Å². The number of para-hydroxylation sites is 1. The summed E-state index contributed by atoms with van der Waals surface area (Å²) in [6.07, 6.45) is 3.14. The van der Waals surface area contributed by atoms with Crippen LogP contribution >= 0.6 is 0 Å². The molecule has 2 amide bonds. The van der Waals surface area contributed by atoms with Crippen molar-refractivity contribution in [2.24, 2.45) is 14.1 Å². The highest BCUT2D eigenvalue weighted by Crippen LogP contribution is 2.20. The Morgan fingerprint density at radius 1 is 1.03 bits per heavy atom. The Morgan fingerprint density at radius 2 is 1.82 bits per heavy atom. The molecule has 0 aliphatic carbocycles. The highest BCUT2D eigenvalue weighted by molar-refractivity contribution is 6.04. The van der Waals surface area contributed by atoms with Crippen LogP contribution in [0.25, 0.3) is 11.0 Å². The average Bonchev–Trinajstić information content (AvgIpc) is 3.43. The minimum Gasteiger partial charge on any atom is -0.351 e. The van der Waals surface area contributed by atoms with Crippen molar-refractivity contribution < 1.29 is 9.59 Å². The average molecular weight is 445 g/mol. The number of benzene rings is 2. The third-order valence-corrected chi connectivity index (χ3v) is 5.98. The fourth-order valence-corrected chi connectivity index (χ4v) is 4.10. The molecule has 0 aliphatic heterocycles. The molecule has 2 aromatic heterocycles. The van der Waals surface area contributed by atoms with Gasteiger partial charge in [-0.1, -0.05) is 41.6 Å². The third kappa shape index (κ3) is 4.79. The van der Waals surface area contributed by atoms with E-state index in [1.54, 1.807) is 33.3 Å². The summed E-state index contributed by atoms with van der Waals surface area (Å²) in [6.45, 7) is 0.455. The molecule has 4 aromatic rings. The fourth-order valence-electron chi connectivity index (χ4n) is 4.10.